The van der Waals surface area contributed by atoms with Gasteiger partial charge in [0.15, 0.2) is 11.5 Å². The average molecular weight is 397 g/mol. The molecule has 0 bridgehead atoms. The number of carbonyl (C=O) groups is 1. The Labute approximate surface area is 169 Å². The van der Waals surface area contributed by atoms with Gasteiger partial charge in [-0.3, -0.25) is 13.9 Å². The van der Waals surface area contributed by atoms with Crippen molar-refractivity contribution in [3.05, 3.63) is 52.4 Å². The Morgan fingerprint density at radius 1 is 1.00 bits per heavy atom. The number of aromatic nitrogens is 2. The second-order valence-corrected chi connectivity index (χ2v) is 6.89. The smallest absolute Gasteiger partial charge is 0.329 e. The molecule has 1 aromatic heterocycles. The van der Waals surface area contributed by atoms with Crippen LogP contribution in [0.2, 0.25) is 0 Å². The Morgan fingerprint density at radius 2 is 1.59 bits per heavy atom. The fourth-order valence-corrected chi connectivity index (χ4v) is 3.47. The predicted molar refractivity (Wildman–Crippen MR) is 114 cm³/mol. The SMILES string of the molecule is CCCn1c(=O)n(CCC(=O)Nc2cc(OC)c(OC)cc2C)c2ccccc21. The number of rotatable bonds is 8. The van der Waals surface area contributed by atoms with Crippen molar-refractivity contribution < 1.29 is 14.3 Å². The van der Waals surface area contributed by atoms with Crippen LogP contribution in [0.5, 0.6) is 11.5 Å². The lowest BCUT2D eigenvalue weighted by Gasteiger charge is -2.13. The van der Waals surface area contributed by atoms with Crippen molar-refractivity contribution in [1.29, 1.82) is 0 Å². The summed E-state index contributed by atoms with van der Waals surface area (Å²) in [4.78, 5) is 25.4. The summed E-state index contributed by atoms with van der Waals surface area (Å²) in [6.45, 7) is 4.90. The maximum Gasteiger partial charge on any atom is 0.329 e. The molecular formula is C22H27N3O4. The van der Waals surface area contributed by atoms with Gasteiger partial charge in [0.25, 0.3) is 0 Å². The van der Waals surface area contributed by atoms with Gasteiger partial charge in [-0.2, -0.15) is 0 Å². The monoisotopic (exact) mass is 397 g/mol. The minimum absolute atomic E-state index is 0.0804. The Hall–Kier alpha value is -3.22. The summed E-state index contributed by atoms with van der Waals surface area (Å²) in [5, 5.41) is 2.91. The number of para-hydroxylation sites is 2. The number of hydrogen-bond acceptors (Lipinski definition) is 4. The Balaban J connectivity index is 1.79. The van der Waals surface area contributed by atoms with Gasteiger partial charge in [0.2, 0.25) is 5.91 Å². The van der Waals surface area contributed by atoms with Crippen molar-refractivity contribution >= 4 is 22.6 Å². The molecule has 0 atom stereocenters. The first-order valence-corrected chi connectivity index (χ1v) is 9.70. The summed E-state index contributed by atoms with van der Waals surface area (Å²) in [5.41, 5.74) is 3.20. The number of ether oxygens (including phenoxy) is 2. The standard InChI is InChI=1S/C22H27N3O4/c1-5-11-24-17-8-6-7-9-18(17)25(22(24)27)12-10-21(26)23-16-14-20(29-4)19(28-3)13-15(16)2/h6-9,13-14H,5,10-12H2,1-4H3,(H,23,26). The highest BCUT2D eigenvalue weighted by atomic mass is 16.5. The fourth-order valence-electron chi connectivity index (χ4n) is 3.47. The number of methoxy groups -OCH3 is 2. The lowest BCUT2D eigenvalue weighted by molar-refractivity contribution is -0.116. The van der Waals surface area contributed by atoms with Crippen LogP contribution < -0.4 is 20.5 Å². The average Bonchev–Trinajstić information content (AvgIpc) is 2.99. The van der Waals surface area contributed by atoms with E-state index in [1.165, 1.54) is 0 Å². The van der Waals surface area contributed by atoms with Crippen LogP contribution in [0, 0.1) is 6.92 Å². The fraction of sp³-hybridized carbons (Fsp3) is 0.364. The normalized spacial score (nSPS) is 10.9. The molecule has 154 valence electrons. The molecule has 3 rings (SSSR count). The summed E-state index contributed by atoms with van der Waals surface area (Å²) in [5.74, 6) is 0.991. The van der Waals surface area contributed by atoms with E-state index in [9.17, 15) is 9.59 Å². The lowest BCUT2D eigenvalue weighted by atomic mass is 10.1. The second-order valence-electron chi connectivity index (χ2n) is 6.89. The lowest BCUT2D eigenvalue weighted by Crippen LogP contribution is -2.26. The van der Waals surface area contributed by atoms with Crippen LogP contribution in [-0.2, 0) is 17.9 Å². The predicted octanol–water partition coefficient (Wildman–Crippen LogP) is 3.57. The summed E-state index contributed by atoms with van der Waals surface area (Å²) in [6.07, 6.45) is 1.06. The number of carbonyl (C=O) groups excluding carboxylic acids is 1. The number of benzene rings is 2. The molecule has 1 heterocycles. The first kappa shape index (κ1) is 20.5. The van der Waals surface area contributed by atoms with Crippen molar-refractivity contribution in [1.82, 2.24) is 9.13 Å². The van der Waals surface area contributed by atoms with Gasteiger partial charge in [0.05, 0.1) is 25.3 Å². The van der Waals surface area contributed by atoms with Crippen molar-refractivity contribution in [3.8, 4) is 11.5 Å². The van der Waals surface area contributed by atoms with E-state index in [0.29, 0.717) is 30.3 Å². The zero-order valence-corrected chi connectivity index (χ0v) is 17.3. The molecule has 7 heteroatoms. The summed E-state index contributed by atoms with van der Waals surface area (Å²) in [6, 6.07) is 11.2. The van der Waals surface area contributed by atoms with Crippen LogP contribution in [0.4, 0.5) is 5.69 Å². The molecule has 0 aliphatic carbocycles. The van der Waals surface area contributed by atoms with Gasteiger partial charge < -0.3 is 14.8 Å². The first-order valence-electron chi connectivity index (χ1n) is 9.70. The number of anilines is 1. The number of nitrogens with one attached hydrogen (secondary N) is 1. The number of amides is 1. The maximum atomic E-state index is 12.8. The Morgan fingerprint density at radius 3 is 2.17 bits per heavy atom. The van der Waals surface area contributed by atoms with Crippen LogP contribution in [0.25, 0.3) is 11.0 Å². The molecule has 29 heavy (non-hydrogen) atoms. The van der Waals surface area contributed by atoms with Crippen molar-refractivity contribution in [3.63, 3.8) is 0 Å². The van der Waals surface area contributed by atoms with Gasteiger partial charge in [-0.1, -0.05) is 19.1 Å². The van der Waals surface area contributed by atoms with Gasteiger partial charge in [0, 0.05) is 31.3 Å². The number of hydrogen-bond donors (Lipinski definition) is 1. The molecule has 2 aromatic carbocycles. The van der Waals surface area contributed by atoms with Crippen molar-refractivity contribution in [2.45, 2.75) is 39.8 Å². The van der Waals surface area contributed by atoms with E-state index in [0.717, 1.165) is 23.0 Å². The molecule has 1 N–H and O–H groups in total. The highest BCUT2D eigenvalue weighted by Crippen LogP contribution is 2.32. The number of fused-ring (bicyclic) bond motifs is 1. The molecule has 0 saturated heterocycles. The van der Waals surface area contributed by atoms with Gasteiger partial charge in [-0.15, -0.1) is 0 Å². The maximum absolute atomic E-state index is 12.8. The number of imidazole rings is 1. The molecule has 1 amide bonds. The third kappa shape index (κ3) is 4.13. The molecule has 0 fully saturated rings. The molecule has 3 aromatic rings. The molecule has 0 aliphatic heterocycles. The van der Waals surface area contributed by atoms with Crippen LogP contribution >= 0.6 is 0 Å². The van der Waals surface area contributed by atoms with E-state index in [1.807, 2.05) is 44.2 Å². The quantitative estimate of drug-likeness (QED) is 0.631. The third-order valence-corrected chi connectivity index (χ3v) is 4.94. The molecule has 7 nitrogen and oxygen atoms in total. The Bertz CT molecular complexity index is 1080. The largest absolute Gasteiger partial charge is 0.493 e. The molecule has 0 aliphatic rings. The van der Waals surface area contributed by atoms with Gasteiger partial charge >= 0.3 is 5.69 Å². The zero-order valence-electron chi connectivity index (χ0n) is 17.3. The minimum Gasteiger partial charge on any atom is -0.493 e. The number of nitrogens with zero attached hydrogens (tertiary/aromatic N) is 2. The minimum atomic E-state index is -0.167. The highest BCUT2D eigenvalue weighted by molar-refractivity contribution is 5.92. The van der Waals surface area contributed by atoms with Crippen LogP contribution in [-0.4, -0.2) is 29.3 Å². The molecule has 0 radical (unpaired) electrons. The Kier molecular flexibility index (Phi) is 6.26. The van der Waals surface area contributed by atoms with Gasteiger partial charge in [-0.05, 0) is 37.1 Å². The van der Waals surface area contributed by atoms with Crippen molar-refractivity contribution in [2.75, 3.05) is 19.5 Å². The molecule has 0 unspecified atom stereocenters. The van der Waals surface area contributed by atoms with E-state index < -0.39 is 0 Å². The summed E-state index contributed by atoms with van der Waals surface area (Å²) in [7, 11) is 3.12. The van der Waals surface area contributed by atoms with Crippen LogP contribution in [0.1, 0.15) is 25.3 Å². The van der Waals surface area contributed by atoms with Crippen molar-refractivity contribution in [2.24, 2.45) is 0 Å². The second kappa shape index (κ2) is 8.86. The highest BCUT2D eigenvalue weighted by Gasteiger charge is 2.15. The van der Waals surface area contributed by atoms with E-state index in [4.69, 9.17) is 9.47 Å². The van der Waals surface area contributed by atoms with E-state index in [-0.39, 0.29) is 18.0 Å². The summed E-state index contributed by atoms with van der Waals surface area (Å²) < 4.78 is 14.0. The molecule has 0 spiro atoms. The third-order valence-electron chi connectivity index (χ3n) is 4.94. The zero-order chi connectivity index (χ0) is 21.0. The van der Waals surface area contributed by atoms with E-state index >= 15 is 0 Å². The van der Waals surface area contributed by atoms with Crippen LogP contribution in [0.3, 0.4) is 0 Å². The van der Waals surface area contributed by atoms with E-state index in [1.54, 1.807) is 29.4 Å². The van der Waals surface area contributed by atoms with Gasteiger partial charge in [-0.25, -0.2) is 4.79 Å². The topological polar surface area (TPSA) is 74.5 Å². The number of aryl methyl sites for hydroxylation is 3. The first-order chi connectivity index (χ1) is 14.0. The van der Waals surface area contributed by atoms with E-state index in [2.05, 4.69) is 5.32 Å². The van der Waals surface area contributed by atoms with Gasteiger partial charge in [0.1, 0.15) is 0 Å². The molecular weight excluding hydrogens is 370 g/mol. The molecule has 0 saturated carbocycles. The van der Waals surface area contributed by atoms with Crippen LogP contribution in [0.15, 0.2) is 41.2 Å². The summed E-state index contributed by atoms with van der Waals surface area (Å²) >= 11 is 0.